The highest BCUT2D eigenvalue weighted by Gasteiger charge is 2.16. The smallest absolute Gasteiger partial charge is 0.339 e. The van der Waals surface area contributed by atoms with Crippen LogP contribution in [0.15, 0.2) is 48.5 Å². The normalized spacial score (nSPS) is 12.2. The molecule has 5 heteroatoms. The summed E-state index contributed by atoms with van der Waals surface area (Å²) in [5, 5.41) is 19.5. The van der Waals surface area contributed by atoms with Crippen molar-refractivity contribution in [3.63, 3.8) is 0 Å². The molecule has 0 radical (unpaired) electrons. The van der Waals surface area contributed by atoms with Gasteiger partial charge in [-0.1, -0.05) is 36.4 Å². The van der Waals surface area contributed by atoms with Gasteiger partial charge in [-0.2, -0.15) is 0 Å². The molecule has 2 N–H and O–H groups in total. The predicted octanol–water partition coefficient (Wildman–Crippen LogP) is 2.56. The average Bonchev–Trinajstić information content (AvgIpc) is 2.53. The summed E-state index contributed by atoms with van der Waals surface area (Å²) in [6, 6.07) is 14.3. The summed E-state index contributed by atoms with van der Waals surface area (Å²) in [6.07, 6.45) is -0.744. The molecule has 0 amide bonds. The van der Waals surface area contributed by atoms with Crippen molar-refractivity contribution in [1.29, 1.82) is 0 Å². The van der Waals surface area contributed by atoms with Crippen LogP contribution in [0.2, 0.25) is 0 Å². The van der Waals surface area contributed by atoms with Gasteiger partial charge in [0.25, 0.3) is 0 Å². The molecular formula is C18H21NO4. The van der Waals surface area contributed by atoms with Gasteiger partial charge in [-0.25, -0.2) is 4.79 Å². The minimum absolute atomic E-state index is 0.0521. The Morgan fingerprint density at radius 1 is 1.17 bits per heavy atom. The predicted molar refractivity (Wildman–Crippen MR) is 87.7 cm³/mol. The van der Waals surface area contributed by atoms with Crippen molar-refractivity contribution in [2.45, 2.75) is 12.7 Å². The van der Waals surface area contributed by atoms with Gasteiger partial charge in [0.15, 0.2) is 0 Å². The summed E-state index contributed by atoms with van der Waals surface area (Å²) in [7, 11) is 3.69. The number of likely N-dealkylation sites (N-methyl/N-ethyl adjacent to an activating group) is 1. The van der Waals surface area contributed by atoms with Gasteiger partial charge in [0.2, 0.25) is 0 Å². The molecule has 0 saturated heterocycles. The zero-order chi connectivity index (χ0) is 16.8. The third-order valence-electron chi connectivity index (χ3n) is 3.39. The number of benzene rings is 2. The molecular weight excluding hydrogens is 294 g/mol. The second-order valence-corrected chi connectivity index (χ2v) is 5.61. The van der Waals surface area contributed by atoms with Gasteiger partial charge < -0.3 is 19.8 Å². The molecule has 0 aliphatic carbocycles. The van der Waals surface area contributed by atoms with Crippen molar-refractivity contribution in [3.05, 3.63) is 65.2 Å². The van der Waals surface area contributed by atoms with Gasteiger partial charge in [-0.3, -0.25) is 0 Å². The van der Waals surface area contributed by atoms with Crippen LogP contribution in [0.1, 0.15) is 27.6 Å². The fraction of sp³-hybridized carbons (Fsp3) is 0.278. The standard InChI is InChI=1S/C18H21NO4/c1-19(2)11-16(20)14-8-9-17(15(10-14)18(21)22)23-12-13-6-4-3-5-7-13/h3-10,16,20H,11-12H2,1-2H3,(H,21,22). The van der Waals surface area contributed by atoms with Crippen molar-refractivity contribution < 1.29 is 19.7 Å². The Morgan fingerprint density at radius 2 is 1.87 bits per heavy atom. The minimum atomic E-state index is -1.08. The number of hydrogen-bond acceptors (Lipinski definition) is 4. The van der Waals surface area contributed by atoms with Crippen LogP contribution in [0.25, 0.3) is 0 Å². The quantitative estimate of drug-likeness (QED) is 0.822. The number of aliphatic hydroxyl groups excluding tert-OH is 1. The first-order chi connectivity index (χ1) is 11.0. The van der Waals surface area contributed by atoms with E-state index in [2.05, 4.69) is 0 Å². The zero-order valence-corrected chi connectivity index (χ0v) is 13.3. The van der Waals surface area contributed by atoms with Crippen molar-refractivity contribution in [3.8, 4) is 5.75 Å². The van der Waals surface area contributed by atoms with Crippen LogP contribution in [0.4, 0.5) is 0 Å². The van der Waals surface area contributed by atoms with Crippen LogP contribution >= 0.6 is 0 Å². The average molecular weight is 315 g/mol. The minimum Gasteiger partial charge on any atom is -0.488 e. The van der Waals surface area contributed by atoms with E-state index in [4.69, 9.17) is 4.74 Å². The van der Waals surface area contributed by atoms with E-state index in [1.165, 1.54) is 6.07 Å². The summed E-state index contributed by atoms with van der Waals surface area (Å²) in [6.45, 7) is 0.712. The Bertz CT molecular complexity index is 655. The number of carbonyl (C=O) groups is 1. The second-order valence-electron chi connectivity index (χ2n) is 5.61. The van der Waals surface area contributed by atoms with Gasteiger partial charge in [-0.05, 0) is 37.4 Å². The van der Waals surface area contributed by atoms with E-state index in [1.54, 1.807) is 12.1 Å². The number of carboxylic acid groups (broad SMARTS) is 1. The molecule has 0 saturated carbocycles. The van der Waals surface area contributed by atoms with E-state index in [0.29, 0.717) is 24.5 Å². The molecule has 0 heterocycles. The number of nitrogens with zero attached hydrogens (tertiary/aromatic N) is 1. The zero-order valence-electron chi connectivity index (χ0n) is 13.3. The fourth-order valence-electron chi connectivity index (χ4n) is 2.23. The van der Waals surface area contributed by atoms with E-state index in [0.717, 1.165) is 5.56 Å². The summed E-state index contributed by atoms with van der Waals surface area (Å²) in [4.78, 5) is 13.3. The topological polar surface area (TPSA) is 70.0 Å². The molecule has 5 nitrogen and oxygen atoms in total. The maximum atomic E-state index is 11.5. The lowest BCUT2D eigenvalue weighted by atomic mass is 10.0. The fourth-order valence-corrected chi connectivity index (χ4v) is 2.23. The first-order valence-electron chi connectivity index (χ1n) is 7.34. The second kappa shape index (κ2) is 7.76. The first-order valence-corrected chi connectivity index (χ1v) is 7.34. The Hall–Kier alpha value is -2.37. The van der Waals surface area contributed by atoms with Crippen LogP contribution in [0.5, 0.6) is 5.75 Å². The molecule has 0 aromatic heterocycles. The first kappa shape index (κ1) is 17.0. The Labute approximate surface area is 135 Å². The van der Waals surface area contributed by atoms with Gasteiger partial charge >= 0.3 is 5.97 Å². The summed E-state index contributed by atoms with van der Waals surface area (Å²) in [5.74, 6) is -0.783. The summed E-state index contributed by atoms with van der Waals surface area (Å²) in [5.41, 5.74) is 1.57. The van der Waals surface area contributed by atoms with Crippen molar-refractivity contribution in [1.82, 2.24) is 4.90 Å². The molecule has 2 aromatic carbocycles. The summed E-state index contributed by atoms with van der Waals surface area (Å²) < 4.78 is 5.63. The Kier molecular flexibility index (Phi) is 5.73. The van der Waals surface area contributed by atoms with E-state index >= 15 is 0 Å². The molecule has 122 valence electrons. The van der Waals surface area contributed by atoms with E-state index < -0.39 is 12.1 Å². The van der Waals surface area contributed by atoms with Crippen LogP contribution in [0.3, 0.4) is 0 Å². The van der Waals surface area contributed by atoms with E-state index in [-0.39, 0.29) is 5.56 Å². The van der Waals surface area contributed by atoms with Crippen LogP contribution in [-0.2, 0) is 6.61 Å². The van der Waals surface area contributed by atoms with Gasteiger partial charge in [0, 0.05) is 6.54 Å². The van der Waals surface area contributed by atoms with Crippen LogP contribution in [-0.4, -0.2) is 41.7 Å². The molecule has 0 aliphatic heterocycles. The van der Waals surface area contributed by atoms with Crippen LogP contribution in [0, 0.1) is 0 Å². The monoisotopic (exact) mass is 315 g/mol. The number of rotatable bonds is 7. The molecule has 2 rings (SSSR count). The number of carboxylic acids is 1. The van der Waals surface area contributed by atoms with Gasteiger partial charge in [0.05, 0.1) is 6.10 Å². The van der Waals surface area contributed by atoms with Crippen molar-refractivity contribution in [2.24, 2.45) is 0 Å². The third kappa shape index (κ3) is 4.81. The maximum absolute atomic E-state index is 11.5. The SMILES string of the molecule is CN(C)CC(O)c1ccc(OCc2ccccc2)c(C(=O)O)c1. The lowest BCUT2D eigenvalue weighted by Crippen LogP contribution is -2.20. The lowest BCUT2D eigenvalue weighted by molar-refractivity contribution is 0.0691. The molecule has 23 heavy (non-hydrogen) atoms. The van der Waals surface area contributed by atoms with Crippen molar-refractivity contribution in [2.75, 3.05) is 20.6 Å². The number of ether oxygens (including phenoxy) is 1. The molecule has 2 aromatic rings. The Morgan fingerprint density at radius 3 is 2.48 bits per heavy atom. The Balaban J connectivity index is 2.18. The highest BCUT2D eigenvalue weighted by molar-refractivity contribution is 5.91. The number of aromatic carboxylic acids is 1. The molecule has 0 fully saturated rings. The number of hydrogen-bond donors (Lipinski definition) is 2. The van der Waals surface area contributed by atoms with E-state index in [9.17, 15) is 15.0 Å². The van der Waals surface area contributed by atoms with Gasteiger partial charge in [0.1, 0.15) is 17.9 Å². The highest BCUT2D eigenvalue weighted by atomic mass is 16.5. The third-order valence-corrected chi connectivity index (χ3v) is 3.39. The number of aliphatic hydroxyl groups is 1. The summed E-state index contributed by atoms with van der Waals surface area (Å²) >= 11 is 0. The van der Waals surface area contributed by atoms with Gasteiger partial charge in [-0.15, -0.1) is 0 Å². The molecule has 1 atom stereocenters. The maximum Gasteiger partial charge on any atom is 0.339 e. The van der Waals surface area contributed by atoms with Crippen molar-refractivity contribution >= 4 is 5.97 Å². The van der Waals surface area contributed by atoms with Crippen LogP contribution < -0.4 is 4.74 Å². The lowest BCUT2D eigenvalue weighted by Gasteiger charge is -2.17. The highest BCUT2D eigenvalue weighted by Crippen LogP contribution is 2.25. The molecule has 0 aliphatic rings. The molecule has 1 unspecified atom stereocenters. The molecule has 0 spiro atoms. The van der Waals surface area contributed by atoms with E-state index in [1.807, 2.05) is 49.3 Å². The largest absolute Gasteiger partial charge is 0.488 e. The molecule has 0 bridgehead atoms.